The molecule has 0 heterocycles. The van der Waals surface area contributed by atoms with E-state index in [1.807, 2.05) is 0 Å². The zero-order valence-electron chi connectivity index (χ0n) is 9.91. The number of amides is 1. The van der Waals surface area contributed by atoms with Gasteiger partial charge in [0, 0.05) is 5.56 Å². The van der Waals surface area contributed by atoms with Crippen molar-refractivity contribution in [2.75, 3.05) is 5.32 Å². The van der Waals surface area contributed by atoms with Crippen LogP contribution in [0.1, 0.15) is 31.1 Å². The molecule has 0 aliphatic heterocycles. The van der Waals surface area contributed by atoms with Crippen molar-refractivity contribution in [2.45, 2.75) is 26.4 Å². The number of carbonyl (C=O) groups excluding carboxylic acids is 2. The van der Waals surface area contributed by atoms with Crippen molar-refractivity contribution < 1.29 is 14.3 Å². The van der Waals surface area contributed by atoms with Crippen LogP contribution in [0.25, 0.3) is 0 Å². The van der Waals surface area contributed by atoms with Crippen molar-refractivity contribution in [1.82, 2.24) is 0 Å². The highest BCUT2D eigenvalue weighted by atomic mass is 35.5. The van der Waals surface area contributed by atoms with Crippen molar-refractivity contribution in [3.8, 4) is 0 Å². The Balaban J connectivity index is 2.82. The number of anilines is 1. The summed E-state index contributed by atoms with van der Waals surface area (Å²) in [7, 11) is 0. The lowest BCUT2D eigenvalue weighted by molar-refractivity contribution is 0.0635. The molecule has 0 spiro atoms. The lowest BCUT2D eigenvalue weighted by Crippen LogP contribution is -2.27. The number of hydrogen-bond acceptors (Lipinski definition) is 3. The molecule has 0 radical (unpaired) electrons. The Morgan fingerprint density at radius 2 is 2.06 bits per heavy atom. The third-order valence-electron chi connectivity index (χ3n) is 1.79. The summed E-state index contributed by atoms with van der Waals surface area (Å²) in [6, 6.07) is 4.79. The smallest absolute Gasteiger partial charge is 0.412 e. The summed E-state index contributed by atoms with van der Waals surface area (Å²) in [5.41, 5.74) is 0.0875. The predicted octanol–water partition coefficient (Wildman–Crippen LogP) is 3.50. The largest absolute Gasteiger partial charge is 0.444 e. The Bertz CT molecular complexity index is 438. The number of carbonyl (C=O) groups is 2. The third kappa shape index (κ3) is 4.07. The molecule has 4 nitrogen and oxygen atoms in total. The minimum atomic E-state index is -0.609. The lowest BCUT2D eigenvalue weighted by Gasteiger charge is -2.20. The van der Waals surface area contributed by atoms with Gasteiger partial charge in [-0.1, -0.05) is 23.7 Å². The Morgan fingerprint density at radius 3 is 2.59 bits per heavy atom. The summed E-state index contributed by atoms with van der Waals surface area (Å²) in [5.74, 6) is 0. The monoisotopic (exact) mass is 255 g/mol. The molecular formula is C12H14ClNO3. The van der Waals surface area contributed by atoms with Gasteiger partial charge in [0.2, 0.25) is 0 Å². The van der Waals surface area contributed by atoms with Gasteiger partial charge in [-0.05, 0) is 26.8 Å². The average Bonchev–Trinajstić information content (AvgIpc) is 2.18. The molecular weight excluding hydrogens is 242 g/mol. The fourth-order valence-corrected chi connectivity index (χ4v) is 1.37. The van der Waals surface area contributed by atoms with E-state index in [-0.39, 0.29) is 5.02 Å². The number of ether oxygens (including phenoxy) is 1. The van der Waals surface area contributed by atoms with Gasteiger partial charge in [0.15, 0.2) is 6.29 Å². The first-order valence-corrected chi connectivity index (χ1v) is 5.45. The molecule has 0 atom stereocenters. The number of nitrogens with one attached hydrogen (secondary N) is 1. The van der Waals surface area contributed by atoms with E-state index in [0.717, 1.165) is 0 Å². The van der Waals surface area contributed by atoms with Crippen molar-refractivity contribution in [3.63, 3.8) is 0 Å². The molecule has 1 aromatic carbocycles. The summed E-state index contributed by atoms with van der Waals surface area (Å²) in [6.07, 6.45) is 0.0187. The second-order valence-corrected chi connectivity index (χ2v) is 4.83. The Kier molecular flexibility index (Phi) is 4.12. The van der Waals surface area contributed by atoms with Crippen LogP contribution in [0.2, 0.25) is 5.02 Å². The maximum atomic E-state index is 11.5. The van der Waals surface area contributed by atoms with Crippen LogP contribution in [-0.4, -0.2) is 18.0 Å². The van der Waals surface area contributed by atoms with Crippen LogP contribution in [-0.2, 0) is 4.74 Å². The predicted molar refractivity (Wildman–Crippen MR) is 66.7 cm³/mol. The summed E-state index contributed by atoms with van der Waals surface area (Å²) in [4.78, 5) is 22.2. The minimum absolute atomic E-state index is 0.202. The lowest BCUT2D eigenvalue weighted by atomic mass is 10.2. The number of rotatable bonds is 2. The van der Waals surface area contributed by atoms with Crippen molar-refractivity contribution in [3.05, 3.63) is 28.8 Å². The van der Waals surface area contributed by atoms with E-state index in [4.69, 9.17) is 16.3 Å². The number of halogens is 1. The second-order valence-electron chi connectivity index (χ2n) is 4.45. The molecule has 0 aliphatic rings. The molecule has 1 N–H and O–H groups in total. The summed E-state index contributed by atoms with van der Waals surface area (Å²) in [6.45, 7) is 5.28. The van der Waals surface area contributed by atoms with Crippen molar-refractivity contribution >= 4 is 29.7 Å². The Labute approximate surface area is 105 Å². The van der Waals surface area contributed by atoms with E-state index in [1.165, 1.54) is 0 Å². The molecule has 0 fully saturated rings. The summed E-state index contributed by atoms with van der Waals surface area (Å²) in [5, 5.41) is 2.69. The fourth-order valence-electron chi connectivity index (χ4n) is 1.15. The first-order chi connectivity index (χ1) is 7.83. The SMILES string of the molecule is CC(C)(C)OC(=O)Nc1cccc(C=O)c1Cl. The highest BCUT2D eigenvalue weighted by Crippen LogP contribution is 2.25. The maximum absolute atomic E-state index is 11.5. The van der Waals surface area contributed by atoms with E-state index in [0.29, 0.717) is 17.5 Å². The van der Waals surface area contributed by atoms with Crippen LogP contribution in [0.15, 0.2) is 18.2 Å². The number of aldehydes is 1. The summed E-state index contributed by atoms with van der Waals surface area (Å²) < 4.78 is 5.07. The van der Waals surface area contributed by atoms with Crippen LogP contribution >= 0.6 is 11.6 Å². The number of hydrogen-bond donors (Lipinski definition) is 1. The topological polar surface area (TPSA) is 55.4 Å². The highest BCUT2D eigenvalue weighted by molar-refractivity contribution is 6.36. The molecule has 0 bridgehead atoms. The average molecular weight is 256 g/mol. The molecule has 1 aromatic rings. The zero-order valence-corrected chi connectivity index (χ0v) is 10.7. The van der Waals surface area contributed by atoms with Crippen LogP contribution in [0.5, 0.6) is 0 Å². The molecule has 1 rings (SSSR count). The van der Waals surface area contributed by atoms with Gasteiger partial charge >= 0.3 is 6.09 Å². The van der Waals surface area contributed by atoms with Crippen molar-refractivity contribution in [1.29, 1.82) is 0 Å². The van der Waals surface area contributed by atoms with E-state index >= 15 is 0 Å². The standard InChI is InChI=1S/C12H14ClNO3/c1-12(2,3)17-11(16)14-9-6-4-5-8(7-15)10(9)13/h4-7H,1-3H3,(H,14,16). The van der Waals surface area contributed by atoms with Crippen LogP contribution in [0.3, 0.4) is 0 Å². The maximum Gasteiger partial charge on any atom is 0.412 e. The molecule has 92 valence electrons. The molecule has 0 saturated carbocycles. The minimum Gasteiger partial charge on any atom is -0.444 e. The van der Waals surface area contributed by atoms with Gasteiger partial charge in [-0.25, -0.2) is 4.79 Å². The van der Waals surface area contributed by atoms with Crippen LogP contribution < -0.4 is 5.32 Å². The van der Waals surface area contributed by atoms with Gasteiger partial charge in [0.25, 0.3) is 0 Å². The molecule has 1 amide bonds. The molecule has 0 aromatic heterocycles. The van der Waals surface area contributed by atoms with E-state index in [1.54, 1.807) is 39.0 Å². The van der Waals surface area contributed by atoms with Gasteiger partial charge in [-0.3, -0.25) is 10.1 Å². The molecule has 17 heavy (non-hydrogen) atoms. The quantitative estimate of drug-likeness (QED) is 0.823. The van der Waals surface area contributed by atoms with Gasteiger partial charge in [0.1, 0.15) is 5.60 Å². The van der Waals surface area contributed by atoms with Crippen molar-refractivity contribution in [2.24, 2.45) is 0 Å². The molecule has 0 unspecified atom stereocenters. The molecule has 5 heteroatoms. The third-order valence-corrected chi connectivity index (χ3v) is 2.21. The number of benzene rings is 1. The molecule has 0 saturated heterocycles. The van der Waals surface area contributed by atoms with Crippen LogP contribution in [0.4, 0.5) is 10.5 Å². The normalized spacial score (nSPS) is 10.8. The van der Waals surface area contributed by atoms with Crippen LogP contribution in [0, 0.1) is 0 Å². The van der Waals surface area contributed by atoms with E-state index in [9.17, 15) is 9.59 Å². The first-order valence-electron chi connectivity index (χ1n) is 5.07. The van der Waals surface area contributed by atoms with Gasteiger partial charge in [0.05, 0.1) is 10.7 Å². The zero-order chi connectivity index (χ0) is 13.1. The van der Waals surface area contributed by atoms with Gasteiger partial charge in [-0.2, -0.15) is 0 Å². The Hall–Kier alpha value is -1.55. The van der Waals surface area contributed by atoms with Gasteiger partial charge in [-0.15, -0.1) is 0 Å². The fraction of sp³-hybridized carbons (Fsp3) is 0.333. The van der Waals surface area contributed by atoms with Gasteiger partial charge < -0.3 is 4.74 Å². The van der Waals surface area contributed by atoms with E-state index in [2.05, 4.69) is 5.32 Å². The summed E-state index contributed by atoms with van der Waals surface area (Å²) >= 11 is 5.92. The first kappa shape index (κ1) is 13.5. The molecule has 0 aliphatic carbocycles. The second kappa shape index (κ2) is 5.19. The van der Waals surface area contributed by atoms with E-state index < -0.39 is 11.7 Å². The highest BCUT2D eigenvalue weighted by Gasteiger charge is 2.17. The Morgan fingerprint density at radius 1 is 1.41 bits per heavy atom.